The number of aliphatic imine (C=N–C) groups is 1. The zero-order valence-corrected chi connectivity index (χ0v) is 18.6. The van der Waals surface area contributed by atoms with Crippen LogP contribution in [0, 0.1) is 0 Å². The molecule has 2 amide bonds. The number of nitrogens with zero attached hydrogens (tertiary/aromatic N) is 2. The number of benzene rings is 1. The summed E-state index contributed by atoms with van der Waals surface area (Å²) in [5.41, 5.74) is -0.00614. The fraction of sp³-hybridized carbons (Fsp3) is 0.500. The number of thioether (sulfide) groups is 1. The topological polar surface area (TPSA) is 105 Å². The van der Waals surface area contributed by atoms with Crippen molar-refractivity contribution in [3.8, 4) is 0 Å². The molecule has 11 heteroatoms. The van der Waals surface area contributed by atoms with Gasteiger partial charge in [0.2, 0.25) is 0 Å². The highest BCUT2D eigenvalue weighted by Crippen LogP contribution is 2.41. The van der Waals surface area contributed by atoms with E-state index in [-0.39, 0.29) is 29.3 Å². The average Bonchev–Trinajstić information content (AvgIpc) is 3.02. The molecule has 158 valence electrons. The molecule has 2 aliphatic heterocycles. The van der Waals surface area contributed by atoms with E-state index in [2.05, 4.69) is 10.3 Å². The third kappa shape index (κ3) is 5.64. The number of carbonyl (C=O) groups is 2. The van der Waals surface area contributed by atoms with Gasteiger partial charge in [-0.25, -0.2) is 13.2 Å². The van der Waals surface area contributed by atoms with E-state index < -0.39 is 27.4 Å². The number of rotatable bonds is 3. The molecule has 2 heterocycles. The first-order valence-electron chi connectivity index (χ1n) is 8.94. The van der Waals surface area contributed by atoms with Crippen LogP contribution in [0.15, 0.2) is 29.3 Å². The fourth-order valence-corrected chi connectivity index (χ4v) is 7.22. The Labute approximate surface area is 178 Å². The zero-order valence-electron chi connectivity index (χ0n) is 16.2. The average molecular weight is 460 g/mol. The number of halogens is 1. The van der Waals surface area contributed by atoms with Crippen LogP contribution in [-0.4, -0.2) is 60.5 Å². The highest BCUT2D eigenvalue weighted by atomic mass is 35.5. The number of hydrogen-bond acceptors (Lipinski definition) is 6. The lowest BCUT2D eigenvalue weighted by Gasteiger charge is -2.24. The van der Waals surface area contributed by atoms with Gasteiger partial charge in [0.15, 0.2) is 15.0 Å². The van der Waals surface area contributed by atoms with E-state index in [4.69, 9.17) is 16.3 Å². The molecule has 0 saturated carbocycles. The molecule has 1 aromatic carbocycles. The molecule has 29 heavy (non-hydrogen) atoms. The second kappa shape index (κ2) is 8.16. The van der Waals surface area contributed by atoms with Crippen molar-refractivity contribution in [1.82, 2.24) is 5.32 Å². The Hall–Kier alpha value is -1.78. The van der Waals surface area contributed by atoms with Gasteiger partial charge in [0.05, 0.1) is 17.5 Å². The third-order valence-corrected chi connectivity index (χ3v) is 7.60. The van der Waals surface area contributed by atoms with Gasteiger partial charge in [-0.2, -0.15) is 4.99 Å². The Bertz CT molecular complexity index is 958. The van der Waals surface area contributed by atoms with E-state index in [9.17, 15) is 18.0 Å². The predicted octanol–water partition coefficient (Wildman–Crippen LogP) is 2.47. The van der Waals surface area contributed by atoms with E-state index in [1.807, 2.05) is 0 Å². The van der Waals surface area contributed by atoms with E-state index in [0.717, 1.165) is 0 Å². The van der Waals surface area contributed by atoms with E-state index >= 15 is 0 Å². The lowest BCUT2D eigenvalue weighted by Crippen LogP contribution is -2.38. The minimum absolute atomic E-state index is 0.0133. The van der Waals surface area contributed by atoms with Gasteiger partial charge >= 0.3 is 6.09 Å². The minimum atomic E-state index is -3.16. The lowest BCUT2D eigenvalue weighted by molar-refractivity contribution is -0.117. The molecule has 2 fully saturated rings. The van der Waals surface area contributed by atoms with Gasteiger partial charge in [-0.3, -0.25) is 4.79 Å². The van der Waals surface area contributed by atoms with Crippen molar-refractivity contribution >= 4 is 56.1 Å². The van der Waals surface area contributed by atoms with Crippen LogP contribution in [0.3, 0.4) is 0 Å². The van der Waals surface area contributed by atoms with Crippen LogP contribution in [0.2, 0.25) is 5.02 Å². The van der Waals surface area contributed by atoms with Crippen molar-refractivity contribution < 1.29 is 22.7 Å². The molecule has 2 saturated heterocycles. The maximum Gasteiger partial charge on any atom is 0.408 e. The summed E-state index contributed by atoms with van der Waals surface area (Å²) >= 11 is 7.35. The quantitative estimate of drug-likeness (QED) is 0.740. The van der Waals surface area contributed by atoms with Crippen molar-refractivity contribution in [2.45, 2.75) is 37.7 Å². The molecule has 0 bridgehead atoms. The maximum absolute atomic E-state index is 12.3. The number of nitrogens with one attached hydrogen (secondary N) is 1. The Morgan fingerprint density at radius 3 is 2.72 bits per heavy atom. The van der Waals surface area contributed by atoms with Gasteiger partial charge in [-0.1, -0.05) is 29.4 Å². The van der Waals surface area contributed by atoms with Crippen molar-refractivity contribution in [2.75, 3.05) is 23.0 Å². The van der Waals surface area contributed by atoms with Gasteiger partial charge in [-0.15, -0.1) is 0 Å². The highest BCUT2D eigenvalue weighted by Gasteiger charge is 2.49. The Morgan fingerprint density at radius 2 is 2.07 bits per heavy atom. The largest absolute Gasteiger partial charge is 0.444 e. The number of sulfone groups is 1. The Morgan fingerprint density at radius 1 is 1.34 bits per heavy atom. The lowest BCUT2D eigenvalue weighted by atomic mass is 10.2. The van der Waals surface area contributed by atoms with Crippen molar-refractivity contribution in [3.63, 3.8) is 0 Å². The number of anilines is 1. The second-order valence-electron chi connectivity index (χ2n) is 7.79. The number of fused-ring (bicyclic) bond motifs is 1. The number of hydrogen-bond donors (Lipinski definition) is 1. The zero-order chi connectivity index (χ0) is 21.4. The maximum atomic E-state index is 12.3. The highest BCUT2D eigenvalue weighted by molar-refractivity contribution is 8.16. The van der Waals surface area contributed by atoms with Crippen LogP contribution in [-0.2, 0) is 19.4 Å². The first-order valence-corrected chi connectivity index (χ1v) is 12.0. The van der Waals surface area contributed by atoms with Crippen molar-refractivity contribution in [1.29, 1.82) is 0 Å². The van der Waals surface area contributed by atoms with Crippen LogP contribution in [0.5, 0.6) is 0 Å². The molecular weight excluding hydrogens is 438 g/mol. The summed E-state index contributed by atoms with van der Waals surface area (Å²) in [6.07, 6.45) is -0.709. The standard InChI is InChI=1S/C18H22ClN3O5S2/c1-18(2,3)27-17(24)20-8-15(23)21-16-22(12-6-4-5-11(19)7-12)13-9-29(25,26)10-14(13)28-16/h4-7,13-14H,8-10H2,1-3H3,(H,20,24)/t13-,14+/m0/s1. The third-order valence-electron chi connectivity index (χ3n) is 4.16. The number of amides is 2. The molecule has 0 radical (unpaired) electrons. The fourth-order valence-electron chi connectivity index (χ4n) is 3.10. The molecular formula is C18H22ClN3O5S2. The summed E-state index contributed by atoms with van der Waals surface area (Å²) in [5.74, 6) is -0.545. The Balaban J connectivity index is 1.78. The normalized spacial score (nSPS) is 24.4. The van der Waals surface area contributed by atoms with Gasteiger partial charge < -0.3 is 15.0 Å². The molecule has 1 N–H and O–H groups in total. The molecule has 2 atom stereocenters. The molecule has 1 aromatic rings. The minimum Gasteiger partial charge on any atom is -0.444 e. The number of alkyl carbamates (subject to hydrolysis) is 1. The molecule has 2 aliphatic rings. The summed E-state index contributed by atoms with van der Waals surface area (Å²) in [6, 6.07) is 6.63. The number of ether oxygens (including phenoxy) is 1. The van der Waals surface area contributed by atoms with Crippen LogP contribution in [0.1, 0.15) is 20.8 Å². The van der Waals surface area contributed by atoms with Crippen LogP contribution in [0.25, 0.3) is 0 Å². The molecule has 0 aromatic heterocycles. The summed E-state index contributed by atoms with van der Waals surface area (Å²) in [6.45, 7) is 4.84. The molecule has 0 aliphatic carbocycles. The summed E-state index contributed by atoms with van der Waals surface area (Å²) in [5, 5.41) is 3.05. The van der Waals surface area contributed by atoms with Gasteiger partial charge in [0, 0.05) is 16.0 Å². The molecule has 0 unspecified atom stereocenters. The van der Waals surface area contributed by atoms with Crippen LogP contribution < -0.4 is 10.2 Å². The summed E-state index contributed by atoms with van der Waals surface area (Å²) < 4.78 is 29.2. The van der Waals surface area contributed by atoms with Gasteiger partial charge in [0.25, 0.3) is 5.91 Å². The predicted molar refractivity (Wildman–Crippen MR) is 114 cm³/mol. The summed E-state index contributed by atoms with van der Waals surface area (Å²) in [4.78, 5) is 29.9. The van der Waals surface area contributed by atoms with Crippen molar-refractivity contribution in [2.24, 2.45) is 4.99 Å². The smallest absolute Gasteiger partial charge is 0.408 e. The van der Waals surface area contributed by atoms with Crippen LogP contribution in [0.4, 0.5) is 10.5 Å². The number of amidine groups is 1. The Kier molecular flexibility index (Phi) is 6.16. The van der Waals surface area contributed by atoms with Gasteiger partial charge in [0.1, 0.15) is 12.1 Å². The molecule has 0 spiro atoms. The molecule has 3 rings (SSSR count). The van der Waals surface area contributed by atoms with Crippen molar-refractivity contribution in [3.05, 3.63) is 29.3 Å². The van der Waals surface area contributed by atoms with Gasteiger partial charge in [-0.05, 0) is 39.0 Å². The van der Waals surface area contributed by atoms with Crippen LogP contribution >= 0.6 is 23.4 Å². The number of carbonyl (C=O) groups excluding carboxylic acids is 2. The van der Waals surface area contributed by atoms with E-state index in [0.29, 0.717) is 15.9 Å². The molecule has 8 nitrogen and oxygen atoms in total. The first kappa shape index (κ1) is 21.9. The summed E-state index contributed by atoms with van der Waals surface area (Å²) in [7, 11) is -3.16. The van der Waals surface area contributed by atoms with E-state index in [1.165, 1.54) is 11.8 Å². The second-order valence-corrected chi connectivity index (χ2v) is 11.6. The first-order chi connectivity index (χ1) is 13.4. The SMILES string of the molecule is CC(C)(C)OC(=O)NCC(=O)N=C1S[C@@H]2CS(=O)(=O)C[C@@H]2N1c1cccc(Cl)c1. The monoisotopic (exact) mass is 459 g/mol. The van der Waals surface area contributed by atoms with E-state index in [1.54, 1.807) is 49.9 Å².